The molecule has 0 atom stereocenters. The van der Waals surface area contributed by atoms with E-state index in [1.54, 1.807) is 6.08 Å². The van der Waals surface area contributed by atoms with Crippen LogP contribution in [0, 0.1) is 0 Å². The average molecular weight is 481 g/mol. The Kier molecular flexibility index (Phi) is 10.5. The van der Waals surface area contributed by atoms with Gasteiger partial charge >= 0.3 is 11.9 Å². The van der Waals surface area contributed by atoms with Crippen molar-refractivity contribution >= 4 is 30.6 Å². The highest BCUT2D eigenvalue weighted by Crippen LogP contribution is 2.36. The Morgan fingerprint density at radius 3 is 1.91 bits per heavy atom. The number of benzene rings is 2. The fraction of sp³-hybridized carbons (Fsp3) is 0.357. The molecule has 0 fully saturated rings. The SMILES string of the molecule is CC(C)(C)[Si](OCCCCC/C=C/C(=C\C(=O)O)CC(=O)O)(c1ccccc1)c1ccccc1. The quantitative estimate of drug-likeness (QED) is 0.179. The van der Waals surface area contributed by atoms with E-state index in [1.165, 1.54) is 10.4 Å². The summed E-state index contributed by atoms with van der Waals surface area (Å²) in [5, 5.41) is 20.3. The number of hydrogen-bond acceptors (Lipinski definition) is 3. The second-order valence-corrected chi connectivity index (χ2v) is 13.7. The normalized spacial score (nSPS) is 12.7. The zero-order valence-corrected chi connectivity index (χ0v) is 21.4. The first kappa shape index (κ1) is 27.3. The lowest BCUT2D eigenvalue weighted by Crippen LogP contribution is -2.66. The largest absolute Gasteiger partial charge is 0.481 e. The third-order valence-electron chi connectivity index (χ3n) is 5.75. The number of allylic oxidation sites excluding steroid dienone is 2. The first-order chi connectivity index (χ1) is 16.2. The Bertz CT molecular complexity index is 935. The summed E-state index contributed by atoms with van der Waals surface area (Å²) in [6, 6.07) is 21.2. The molecule has 2 aromatic rings. The van der Waals surface area contributed by atoms with Gasteiger partial charge in [0.2, 0.25) is 0 Å². The fourth-order valence-corrected chi connectivity index (χ4v) is 8.86. The van der Waals surface area contributed by atoms with Gasteiger partial charge in [-0.2, -0.15) is 0 Å². The molecule has 0 spiro atoms. The van der Waals surface area contributed by atoms with Gasteiger partial charge in [-0.3, -0.25) is 4.79 Å². The lowest BCUT2D eigenvalue weighted by molar-refractivity contribution is -0.136. The van der Waals surface area contributed by atoms with Gasteiger partial charge in [0.05, 0.1) is 6.42 Å². The Hall–Kier alpha value is -2.96. The van der Waals surface area contributed by atoms with Gasteiger partial charge in [0.25, 0.3) is 8.32 Å². The van der Waals surface area contributed by atoms with E-state index in [1.807, 2.05) is 18.2 Å². The maximum Gasteiger partial charge on any atom is 0.328 e. The van der Waals surface area contributed by atoms with Crippen LogP contribution in [-0.2, 0) is 14.0 Å². The van der Waals surface area contributed by atoms with Crippen LogP contribution >= 0.6 is 0 Å². The number of hydrogen-bond donors (Lipinski definition) is 2. The first-order valence-electron chi connectivity index (χ1n) is 11.7. The van der Waals surface area contributed by atoms with Crippen LogP contribution in [0.5, 0.6) is 0 Å². The highest BCUT2D eigenvalue weighted by Gasteiger charge is 2.49. The third kappa shape index (κ3) is 7.82. The van der Waals surface area contributed by atoms with E-state index in [2.05, 4.69) is 69.3 Å². The summed E-state index contributed by atoms with van der Waals surface area (Å²) in [6.07, 6.45) is 7.67. The minimum absolute atomic E-state index is 0.0462. The molecule has 0 saturated heterocycles. The highest BCUT2D eigenvalue weighted by molar-refractivity contribution is 6.99. The van der Waals surface area contributed by atoms with Crippen LogP contribution in [0.2, 0.25) is 5.04 Å². The topological polar surface area (TPSA) is 83.8 Å². The average Bonchev–Trinajstić information content (AvgIpc) is 2.77. The Morgan fingerprint density at radius 1 is 0.882 bits per heavy atom. The molecule has 182 valence electrons. The van der Waals surface area contributed by atoms with Crippen molar-refractivity contribution in [3.63, 3.8) is 0 Å². The molecule has 2 aromatic carbocycles. The van der Waals surface area contributed by atoms with E-state index in [0.717, 1.165) is 31.8 Å². The van der Waals surface area contributed by atoms with Crippen molar-refractivity contribution in [2.24, 2.45) is 0 Å². The summed E-state index contributed by atoms with van der Waals surface area (Å²) in [5.41, 5.74) is 0.287. The van der Waals surface area contributed by atoms with Crippen LogP contribution in [0.15, 0.2) is 84.5 Å². The van der Waals surface area contributed by atoms with Gasteiger partial charge < -0.3 is 14.6 Å². The number of carboxylic acids is 2. The summed E-state index contributed by atoms with van der Waals surface area (Å²) in [7, 11) is -2.50. The molecular weight excluding hydrogens is 444 g/mol. The minimum atomic E-state index is -2.50. The predicted molar refractivity (Wildman–Crippen MR) is 139 cm³/mol. The van der Waals surface area contributed by atoms with Gasteiger partial charge in [-0.15, -0.1) is 0 Å². The Labute approximate surface area is 203 Å². The highest BCUT2D eigenvalue weighted by atomic mass is 28.4. The van der Waals surface area contributed by atoms with Crippen LogP contribution in [-0.4, -0.2) is 37.1 Å². The molecule has 0 aromatic heterocycles. The fourth-order valence-electron chi connectivity index (χ4n) is 4.25. The molecule has 0 aliphatic rings. The van der Waals surface area contributed by atoms with Crippen LogP contribution in [0.1, 0.15) is 52.9 Å². The number of rotatable bonds is 13. The molecule has 0 radical (unpaired) electrons. The minimum Gasteiger partial charge on any atom is -0.481 e. The Balaban J connectivity index is 2.01. The molecule has 6 heteroatoms. The molecule has 0 aliphatic heterocycles. The second kappa shape index (κ2) is 13.1. The molecule has 0 aliphatic carbocycles. The van der Waals surface area contributed by atoms with Crippen molar-refractivity contribution in [2.75, 3.05) is 6.61 Å². The predicted octanol–water partition coefficient (Wildman–Crippen LogP) is 5.17. The molecule has 2 rings (SSSR count). The van der Waals surface area contributed by atoms with Crippen LogP contribution in [0.25, 0.3) is 0 Å². The summed E-state index contributed by atoms with van der Waals surface area (Å²) in [6.45, 7) is 7.47. The van der Waals surface area contributed by atoms with Gasteiger partial charge in [0.15, 0.2) is 0 Å². The molecule has 0 saturated carbocycles. The lowest BCUT2D eigenvalue weighted by Gasteiger charge is -2.43. The molecule has 0 heterocycles. The van der Waals surface area contributed by atoms with Crippen molar-refractivity contribution in [3.8, 4) is 0 Å². The van der Waals surface area contributed by atoms with Gasteiger partial charge in [-0.1, -0.05) is 100 Å². The smallest absolute Gasteiger partial charge is 0.328 e. The maximum absolute atomic E-state index is 10.9. The van der Waals surface area contributed by atoms with E-state index in [0.29, 0.717) is 6.61 Å². The number of carboxylic acid groups (broad SMARTS) is 2. The number of aliphatic carboxylic acids is 2. The molecular formula is C28H36O5Si. The number of unbranched alkanes of at least 4 members (excludes halogenated alkanes) is 3. The third-order valence-corrected chi connectivity index (χ3v) is 10.8. The van der Waals surface area contributed by atoms with Gasteiger partial charge in [0, 0.05) is 12.7 Å². The second-order valence-electron chi connectivity index (χ2n) is 9.39. The van der Waals surface area contributed by atoms with Gasteiger partial charge in [-0.25, -0.2) is 4.79 Å². The van der Waals surface area contributed by atoms with Crippen molar-refractivity contribution in [1.82, 2.24) is 0 Å². The molecule has 34 heavy (non-hydrogen) atoms. The summed E-state index contributed by atoms with van der Waals surface area (Å²) in [4.78, 5) is 21.7. The van der Waals surface area contributed by atoms with Gasteiger partial charge in [-0.05, 0) is 40.2 Å². The molecule has 0 amide bonds. The Morgan fingerprint density at radius 2 is 1.44 bits per heavy atom. The lowest BCUT2D eigenvalue weighted by atomic mass is 10.1. The zero-order valence-electron chi connectivity index (χ0n) is 20.4. The molecule has 0 unspecified atom stereocenters. The monoisotopic (exact) mass is 480 g/mol. The van der Waals surface area contributed by atoms with Gasteiger partial charge in [0.1, 0.15) is 0 Å². The van der Waals surface area contributed by atoms with E-state index < -0.39 is 20.3 Å². The van der Waals surface area contributed by atoms with E-state index in [9.17, 15) is 9.59 Å². The van der Waals surface area contributed by atoms with Crippen molar-refractivity contribution < 1.29 is 24.2 Å². The zero-order chi connectivity index (χ0) is 25.0. The standard InChI is InChI=1S/C28H36O5Si/c1-28(2,3)34(24-16-10-7-11-17-24,25-18-12-8-13-19-25)33-20-14-6-4-5-9-15-23(21-26(29)30)22-27(31)32/h7-13,15-19,21H,4-6,14,20,22H2,1-3H3,(H,29,30)(H,31,32)/b15-9+,23-21+. The van der Waals surface area contributed by atoms with Crippen LogP contribution in [0.3, 0.4) is 0 Å². The van der Waals surface area contributed by atoms with Crippen LogP contribution < -0.4 is 10.4 Å². The van der Waals surface area contributed by atoms with Crippen LogP contribution in [0.4, 0.5) is 0 Å². The van der Waals surface area contributed by atoms with Crippen molar-refractivity contribution in [2.45, 2.75) is 57.9 Å². The number of carbonyl (C=O) groups is 2. The maximum atomic E-state index is 10.9. The molecule has 5 nitrogen and oxygen atoms in total. The van der Waals surface area contributed by atoms with Crippen molar-refractivity contribution in [3.05, 3.63) is 84.5 Å². The first-order valence-corrected chi connectivity index (χ1v) is 13.6. The summed E-state index contributed by atoms with van der Waals surface area (Å²) < 4.78 is 6.88. The van der Waals surface area contributed by atoms with E-state index >= 15 is 0 Å². The summed E-state index contributed by atoms with van der Waals surface area (Å²) >= 11 is 0. The molecule has 0 bridgehead atoms. The molecule has 2 N–H and O–H groups in total. The van der Waals surface area contributed by atoms with E-state index in [-0.39, 0.29) is 17.0 Å². The van der Waals surface area contributed by atoms with Crippen molar-refractivity contribution in [1.29, 1.82) is 0 Å². The van der Waals surface area contributed by atoms with E-state index in [4.69, 9.17) is 14.6 Å². The summed E-state index contributed by atoms with van der Waals surface area (Å²) in [5.74, 6) is -2.18.